The van der Waals surface area contributed by atoms with E-state index >= 15 is 0 Å². The molecule has 0 aliphatic heterocycles. The van der Waals surface area contributed by atoms with E-state index in [1.54, 1.807) is 36.5 Å². The Morgan fingerprint density at radius 1 is 1.13 bits per heavy atom. The van der Waals surface area contributed by atoms with Crippen LogP contribution in [0.1, 0.15) is 36.5 Å². The highest BCUT2D eigenvalue weighted by Crippen LogP contribution is 2.60. The third kappa shape index (κ3) is 4.11. The summed E-state index contributed by atoms with van der Waals surface area (Å²) in [5.41, 5.74) is 1.52. The lowest BCUT2D eigenvalue weighted by atomic mass is 10.00. The highest BCUT2D eigenvalue weighted by molar-refractivity contribution is 6.35. The average molecular weight is 455 g/mol. The molecular formula is C25H24Cl2N2O2. The molecule has 0 radical (unpaired) electrons. The number of halogens is 2. The van der Waals surface area contributed by atoms with Crippen molar-refractivity contribution in [2.24, 2.45) is 17.8 Å². The lowest BCUT2D eigenvalue weighted by molar-refractivity contribution is 0.0924. The summed E-state index contributed by atoms with van der Waals surface area (Å²) in [5, 5.41) is 5.48. The minimum atomic E-state index is -0.0251. The van der Waals surface area contributed by atoms with Crippen LogP contribution in [0.15, 0.2) is 54.7 Å². The van der Waals surface area contributed by atoms with E-state index in [-0.39, 0.29) is 18.1 Å². The number of hydrogen-bond donors (Lipinski definition) is 1. The standard InChI is InChI=1S/C25H24Cl2N2O2/c1-2-22(29-25(30)14-3-5-15(26)6-4-14)24-18-12-17(13-19(18)24)31-16-7-8-23-20(11-16)21(27)9-10-28-23/h3-11,17-19,22,24H,2,12-13H2,1H3,(H,29,30)/t17?,18-,19+,22?,24?. The summed E-state index contributed by atoms with van der Waals surface area (Å²) >= 11 is 12.2. The summed E-state index contributed by atoms with van der Waals surface area (Å²) in [6.07, 6.45) is 4.91. The highest BCUT2D eigenvalue weighted by atomic mass is 35.5. The predicted octanol–water partition coefficient (Wildman–Crippen LogP) is 6.15. The number of rotatable bonds is 6. The quantitative estimate of drug-likeness (QED) is 0.485. The van der Waals surface area contributed by atoms with Gasteiger partial charge in [0.2, 0.25) is 0 Å². The van der Waals surface area contributed by atoms with Crippen LogP contribution in [-0.2, 0) is 0 Å². The van der Waals surface area contributed by atoms with Gasteiger partial charge in [-0.1, -0.05) is 30.1 Å². The monoisotopic (exact) mass is 454 g/mol. The van der Waals surface area contributed by atoms with Gasteiger partial charge in [0.1, 0.15) is 5.75 Å². The molecule has 1 aromatic heterocycles. The minimum absolute atomic E-state index is 0.0251. The lowest BCUT2D eigenvalue weighted by Gasteiger charge is -2.22. The Labute approximate surface area is 191 Å². The van der Waals surface area contributed by atoms with Crippen LogP contribution < -0.4 is 10.1 Å². The molecule has 31 heavy (non-hydrogen) atoms. The second-order valence-corrected chi connectivity index (χ2v) is 9.43. The van der Waals surface area contributed by atoms with Crippen molar-refractivity contribution in [3.8, 4) is 5.75 Å². The average Bonchev–Trinajstić information content (AvgIpc) is 3.26. The van der Waals surface area contributed by atoms with Gasteiger partial charge in [-0.2, -0.15) is 0 Å². The van der Waals surface area contributed by atoms with Gasteiger partial charge in [-0.3, -0.25) is 9.78 Å². The van der Waals surface area contributed by atoms with E-state index in [1.807, 2.05) is 18.2 Å². The number of carbonyl (C=O) groups excluding carboxylic acids is 1. The molecule has 3 unspecified atom stereocenters. The summed E-state index contributed by atoms with van der Waals surface area (Å²) in [6.45, 7) is 2.14. The molecule has 0 saturated heterocycles. The van der Waals surface area contributed by atoms with Gasteiger partial charge in [0.15, 0.2) is 0 Å². The van der Waals surface area contributed by atoms with E-state index in [0.29, 0.717) is 33.4 Å². The van der Waals surface area contributed by atoms with Crippen molar-refractivity contribution >= 4 is 40.0 Å². The first-order valence-electron chi connectivity index (χ1n) is 10.8. The van der Waals surface area contributed by atoms with Crippen LogP contribution in [0.2, 0.25) is 10.0 Å². The normalized spacial score (nSPS) is 25.1. The Morgan fingerprint density at radius 2 is 1.87 bits per heavy atom. The van der Waals surface area contributed by atoms with Crippen LogP contribution in [0.25, 0.3) is 10.9 Å². The zero-order valence-electron chi connectivity index (χ0n) is 17.2. The topological polar surface area (TPSA) is 51.2 Å². The van der Waals surface area contributed by atoms with Gasteiger partial charge in [0.05, 0.1) is 16.6 Å². The van der Waals surface area contributed by atoms with E-state index in [2.05, 4.69) is 17.2 Å². The minimum Gasteiger partial charge on any atom is -0.490 e. The Kier molecular flexibility index (Phi) is 5.53. The van der Waals surface area contributed by atoms with E-state index < -0.39 is 0 Å². The maximum absolute atomic E-state index is 12.6. The molecule has 4 nitrogen and oxygen atoms in total. The number of benzene rings is 2. The van der Waals surface area contributed by atoms with Gasteiger partial charge in [0, 0.05) is 28.2 Å². The fourth-order valence-corrected chi connectivity index (χ4v) is 5.55. The molecular weight excluding hydrogens is 431 g/mol. The van der Waals surface area contributed by atoms with Gasteiger partial charge in [-0.25, -0.2) is 0 Å². The number of fused-ring (bicyclic) bond motifs is 2. The summed E-state index contributed by atoms with van der Waals surface area (Å²) < 4.78 is 6.28. The van der Waals surface area contributed by atoms with E-state index in [4.69, 9.17) is 27.9 Å². The first-order valence-corrected chi connectivity index (χ1v) is 11.6. The van der Waals surface area contributed by atoms with Crippen molar-refractivity contribution in [3.63, 3.8) is 0 Å². The predicted molar refractivity (Wildman–Crippen MR) is 124 cm³/mol. The molecule has 0 bridgehead atoms. The van der Waals surface area contributed by atoms with Gasteiger partial charge in [-0.15, -0.1) is 0 Å². The Morgan fingerprint density at radius 3 is 2.58 bits per heavy atom. The number of nitrogens with zero attached hydrogens (tertiary/aromatic N) is 1. The lowest BCUT2D eigenvalue weighted by Crippen LogP contribution is -2.37. The molecule has 2 aromatic carbocycles. The number of amides is 1. The SMILES string of the molecule is CCC(NC(=O)c1ccc(Cl)cc1)C1[C@H]2CC(Oc3ccc4nccc(Cl)c4c3)C[C@@H]12. The Hall–Kier alpha value is -2.30. The molecule has 2 saturated carbocycles. The maximum Gasteiger partial charge on any atom is 0.251 e. The third-order valence-corrected chi connectivity index (χ3v) is 7.34. The van der Waals surface area contributed by atoms with E-state index in [9.17, 15) is 4.79 Å². The van der Waals surface area contributed by atoms with Gasteiger partial charge < -0.3 is 10.1 Å². The first-order chi connectivity index (χ1) is 15.0. The van der Waals surface area contributed by atoms with Gasteiger partial charge >= 0.3 is 0 Å². The van der Waals surface area contributed by atoms with Crippen LogP contribution in [-0.4, -0.2) is 23.0 Å². The second-order valence-electron chi connectivity index (χ2n) is 8.58. The molecule has 2 fully saturated rings. The van der Waals surface area contributed by atoms with Crippen LogP contribution in [0.4, 0.5) is 0 Å². The maximum atomic E-state index is 12.6. The summed E-state index contributed by atoms with van der Waals surface area (Å²) in [4.78, 5) is 17.0. The van der Waals surface area contributed by atoms with Crippen molar-refractivity contribution in [2.45, 2.75) is 38.3 Å². The number of nitrogens with one attached hydrogen (secondary N) is 1. The summed E-state index contributed by atoms with van der Waals surface area (Å²) in [7, 11) is 0. The summed E-state index contributed by atoms with van der Waals surface area (Å²) in [5.74, 6) is 2.59. The van der Waals surface area contributed by atoms with Crippen LogP contribution in [0, 0.1) is 17.8 Å². The molecule has 2 aliphatic carbocycles. The molecule has 1 heterocycles. The number of hydrogen-bond acceptors (Lipinski definition) is 3. The first kappa shape index (κ1) is 20.6. The largest absolute Gasteiger partial charge is 0.490 e. The van der Waals surface area contributed by atoms with Crippen molar-refractivity contribution in [3.05, 3.63) is 70.3 Å². The number of pyridine rings is 1. The molecule has 0 spiro atoms. The van der Waals surface area contributed by atoms with Crippen molar-refractivity contribution < 1.29 is 9.53 Å². The number of aromatic nitrogens is 1. The number of carbonyl (C=O) groups is 1. The molecule has 6 heteroatoms. The third-order valence-electron chi connectivity index (χ3n) is 6.76. The molecule has 5 rings (SSSR count). The number of ether oxygens (including phenoxy) is 1. The van der Waals surface area contributed by atoms with Crippen LogP contribution >= 0.6 is 23.2 Å². The van der Waals surface area contributed by atoms with Crippen LogP contribution in [0.3, 0.4) is 0 Å². The molecule has 1 amide bonds. The van der Waals surface area contributed by atoms with Crippen molar-refractivity contribution in [2.75, 3.05) is 0 Å². The molecule has 5 atom stereocenters. The van der Waals surface area contributed by atoms with Crippen LogP contribution in [0.5, 0.6) is 5.75 Å². The highest BCUT2D eigenvalue weighted by Gasteiger charge is 2.59. The molecule has 160 valence electrons. The fourth-order valence-electron chi connectivity index (χ4n) is 5.22. The second kappa shape index (κ2) is 8.33. The molecule has 3 aromatic rings. The molecule has 1 N–H and O–H groups in total. The van der Waals surface area contributed by atoms with Gasteiger partial charge in [-0.05, 0) is 85.5 Å². The smallest absolute Gasteiger partial charge is 0.251 e. The van der Waals surface area contributed by atoms with E-state index in [1.165, 1.54) is 0 Å². The zero-order chi connectivity index (χ0) is 21.5. The van der Waals surface area contributed by atoms with E-state index in [0.717, 1.165) is 35.9 Å². The van der Waals surface area contributed by atoms with Gasteiger partial charge in [0.25, 0.3) is 5.91 Å². The fraction of sp³-hybridized carbons (Fsp3) is 0.360. The molecule has 2 aliphatic rings. The van der Waals surface area contributed by atoms with Crippen molar-refractivity contribution in [1.29, 1.82) is 0 Å². The Bertz CT molecular complexity index is 1110. The Balaban J connectivity index is 1.19. The summed E-state index contributed by atoms with van der Waals surface area (Å²) in [6, 6.07) is 14.9. The zero-order valence-corrected chi connectivity index (χ0v) is 18.7. The van der Waals surface area contributed by atoms with Crippen molar-refractivity contribution in [1.82, 2.24) is 10.3 Å².